The topological polar surface area (TPSA) is 42.7 Å². The van der Waals surface area contributed by atoms with Crippen LogP contribution in [0.3, 0.4) is 0 Å². The van der Waals surface area contributed by atoms with Crippen LogP contribution in [0.25, 0.3) is 10.4 Å². The largest absolute Gasteiger partial charge is 0.362 e. The second-order valence-electron chi connectivity index (χ2n) is 3.36. The summed E-state index contributed by atoms with van der Waals surface area (Å²) < 4.78 is 1.83. The molecule has 0 amide bonds. The van der Waals surface area contributed by atoms with Gasteiger partial charge in [0, 0.05) is 31.5 Å². The molecule has 0 atom stereocenters. The quantitative estimate of drug-likeness (QED) is 0.866. The number of hydrogen-bond acceptors (Lipinski definition) is 4. The van der Waals surface area contributed by atoms with E-state index in [9.17, 15) is 0 Å². The average Bonchev–Trinajstić information content (AvgIpc) is 2.73. The van der Waals surface area contributed by atoms with Crippen LogP contribution in [0.5, 0.6) is 0 Å². The number of hydrogen-bond donors (Lipinski definition) is 1. The summed E-state index contributed by atoms with van der Waals surface area (Å²) in [5.41, 5.74) is 2.21. The molecule has 2 rings (SSSR count). The minimum Gasteiger partial charge on any atom is -0.362 e. The highest BCUT2D eigenvalue weighted by Crippen LogP contribution is 2.30. The molecule has 0 unspecified atom stereocenters. The van der Waals surface area contributed by atoms with Gasteiger partial charge in [-0.3, -0.25) is 4.68 Å². The molecule has 0 radical (unpaired) electrons. The molecule has 5 heteroatoms. The highest BCUT2D eigenvalue weighted by molar-refractivity contribution is 7.18. The van der Waals surface area contributed by atoms with Crippen LogP contribution in [0.1, 0.15) is 12.6 Å². The predicted molar refractivity (Wildman–Crippen MR) is 63.2 cm³/mol. The molecule has 80 valence electrons. The van der Waals surface area contributed by atoms with Crippen molar-refractivity contribution >= 4 is 16.5 Å². The third-order valence-electron chi connectivity index (χ3n) is 2.11. The van der Waals surface area contributed by atoms with E-state index in [4.69, 9.17) is 0 Å². The molecule has 2 aromatic heterocycles. The van der Waals surface area contributed by atoms with Gasteiger partial charge in [0.05, 0.1) is 10.6 Å². The Labute approximate surface area is 93.0 Å². The van der Waals surface area contributed by atoms with Crippen molar-refractivity contribution in [1.82, 2.24) is 14.8 Å². The first kappa shape index (κ1) is 10.2. The summed E-state index contributed by atoms with van der Waals surface area (Å²) in [6, 6.07) is 0. The van der Waals surface area contributed by atoms with Gasteiger partial charge in [-0.1, -0.05) is 11.3 Å². The highest BCUT2D eigenvalue weighted by atomic mass is 32.1. The van der Waals surface area contributed by atoms with Gasteiger partial charge in [0.25, 0.3) is 0 Å². The van der Waals surface area contributed by atoms with Gasteiger partial charge in [-0.25, -0.2) is 4.98 Å². The number of aryl methyl sites for hydroxylation is 2. The Kier molecular flexibility index (Phi) is 2.73. The molecule has 2 heterocycles. The first-order valence-electron chi connectivity index (χ1n) is 4.91. The molecule has 0 saturated carbocycles. The van der Waals surface area contributed by atoms with Gasteiger partial charge in [0.15, 0.2) is 5.13 Å². The Morgan fingerprint density at radius 1 is 1.53 bits per heavy atom. The Balaban J connectivity index is 2.32. The number of nitrogens with one attached hydrogen (secondary N) is 1. The fraction of sp³-hybridized carbons (Fsp3) is 0.400. The van der Waals surface area contributed by atoms with Crippen LogP contribution in [0.15, 0.2) is 12.4 Å². The lowest BCUT2D eigenvalue weighted by molar-refractivity contribution is 0.756. The van der Waals surface area contributed by atoms with Gasteiger partial charge < -0.3 is 5.32 Å². The van der Waals surface area contributed by atoms with E-state index in [1.807, 2.05) is 31.0 Å². The molecule has 0 aliphatic rings. The molecule has 0 aliphatic heterocycles. The van der Waals surface area contributed by atoms with E-state index in [1.165, 1.54) is 5.56 Å². The number of rotatable bonds is 3. The molecule has 1 N–H and O–H groups in total. The van der Waals surface area contributed by atoms with Crippen LogP contribution < -0.4 is 5.32 Å². The summed E-state index contributed by atoms with van der Waals surface area (Å²) in [5.74, 6) is 0. The molecule has 2 aromatic rings. The van der Waals surface area contributed by atoms with E-state index in [-0.39, 0.29) is 0 Å². The molecule has 0 aliphatic carbocycles. The van der Waals surface area contributed by atoms with Crippen LogP contribution >= 0.6 is 11.3 Å². The standard InChI is InChI=1S/C10H14N4S/c1-4-11-10-12-5-9(15-10)8-6-14(3)13-7(8)2/h5-6H,4H2,1-3H3,(H,11,12). The summed E-state index contributed by atoms with van der Waals surface area (Å²) in [4.78, 5) is 5.47. The van der Waals surface area contributed by atoms with Gasteiger partial charge in [-0.2, -0.15) is 5.10 Å². The van der Waals surface area contributed by atoms with E-state index in [2.05, 4.69) is 22.3 Å². The highest BCUT2D eigenvalue weighted by Gasteiger charge is 2.09. The van der Waals surface area contributed by atoms with E-state index < -0.39 is 0 Å². The maximum Gasteiger partial charge on any atom is 0.183 e. The van der Waals surface area contributed by atoms with Gasteiger partial charge in [-0.05, 0) is 13.8 Å². The van der Waals surface area contributed by atoms with Crippen molar-refractivity contribution in [2.45, 2.75) is 13.8 Å². The molecule has 0 bridgehead atoms. The smallest absolute Gasteiger partial charge is 0.183 e. The van der Waals surface area contributed by atoms with Crippen molar-refractivity contribution in [1.29, 1.82) is 0 Å². The van der Waals surface area contributed by atoms with Crippen LogP contribution in [0.2, 0.25) is 0 Å². The average molecular weight is 222 g/mol. The van der Waals surface area contributed by atoms with Crippen molar-refractivity contribution < 1.29 is 0 Å². The van der Waals surface area contributed by atoms with E-state index in [1.54, 1.807) is 11.3 Å². The molecule has 15 heavy (non-hydrogen) atoms. The summed E-state index contributed by atoms with van der Waals surface area (Å²) in [6.45, 7) is 4.98. The van der Waals surface area contributed by atoms with Crippen LogP contribution in [0.4, 0.5) is 5.13 Å². The summed E-state index contributed by atoms with van der Waals surface area (Å²) in [7, 11) is 1.93. The number of thiazole rings is 1. The molecule has 0 spiro atoms. The molecular weight excluding hydrogens is 208 g/mol. The summed E-state index contributed by atoms with van der Waals surface area (Å²) in [6.07, 6.45) is 3.92. The Morgan fingerprint density at radius 2 is 2.33 bits per heavy atom. The third kappa shape index (κ3) is 2.02. The van der Waals surface area contributed by atoms with Crippen LogP contribution in [-0.2, 0) is 7.05 Å². The molecule has 0 fully saturated rings. The number of anilines is 1. The molecule has 0 saturated heterocycles. The third-order valence-corrected chi connectivity index (χ3v) is 3.10. The van der Waals surface area contributed by atoms with Crippen molar-refractivity contribution in [2.75, 3.05) is 11.9 Å². The van der Waals surface area contributed by atoms with Crippen LogP contribution in [0, 0.1) is 6.92 Å². The second-order valence-corrected chi connectivity index (χ2v) is 4.39. The Bertz CT molecular complexity index is 458. The predicted octanol–water partition coefficient (Wildman–Crippen LogP) is 2.28. The SMILES string of the molecule is CCNc1ncc(-c2cn(C)nc2C)s1. The second kappa shape index (κ2) is 4.02. The summed E-state index contributed by atoms with van der Waals surface area (Å²) >= 11 is 1.66. The normalized spacial score (nSPS) is 10.6. The number of aromatic nitrogens is 3. The zero-order valence-electron chi connectivity index (χ0n) is 9.11. The first-order valence-corrected chi connectivity index (χ1v) is 5.72. The molecular formula is C10H14N4S. The van der Waals surface area contributed by atoms with Gasteiger partial charge in [0.1, 0.15) is 0 Å². The summed E-state index contributed by atoms with van der Waals surface area (Å²) in [5, 5.41) is 8.49. The maximum atomic E-state index is 4.32. The molecule has 0 aromatic carbocycles. The maximum absolute atomic E-state index is 4.32. The minimum absolute atomic E-state index is 0.902. The van der Waals surface area contributed by atoms with Gasteiger partial charge >= 0.3 is 0 Å². The monoisotopic (exact) mass is 222 g/mol. The lowest BCUT2D eigenvalue weighted by Gasteiger charge is -1.93. The molecule has 4 nitrogen and oxygen atoms in total. The number of nitrogens with zero attached hydrogens (tertiary/aromatic N) is 3. The van der Waals surface area contributed by atoms with Crippen molar-refractivity contribution in [3.8, 4) is 10.4 Å². The van der Waals surface area contributed by atoms with Gasteiger partial charge in [-0.15, -0.1) is 0 Å². The lowest BCUT2D eigenvalue weighted by atomic mass is 10.2. The van der Waals surface area contributed by atoms with Gasteiger partial charge in [0.2, 0.25) is 0 Å². The zero-order chi connectivity index (χ0) is 10.8. The van der Waals surface area contributed by atoms with Crippen molar-refractivity contribution in [2.24, 2.45) is 7.05 Å². The fourth-order valence-corrected chi connectivity index (χ4v) is 2.42. The van der Waals surface area contributed by atoms with Crippen LogP contribution in [-0.4, -0.2) is 21.3 Å². The van der Waals surface area contributed by atoms with E-state index in [0.29, 0.717) is 0 Å². The van der Waals surface area contributed by atoms with Crippen molar-refractivity contribution in [3.05, 3.63) is 18.1 Å². The fourth-order valence-electron chi connectivity index (χ4n) is 1.47. The lowest BCUT2D eigenvalue weighted by Crippen LogP contribution is -1.94. The Morgan fingerprint density at radius 3 is 2.93 bits per heavy atom. The first-order chi connectivity index (χ1) is 7.20. The van der Waals surface area contributed by atoms with Crippen molar-refractivity contribution in [3.63, 3.8) is 0 Å². The Hall–Kier alpha value is -1.36. The zero-order valence-corrected chi connectivity index (χ0v) is 9.93. The van der Waals surface area contributed by atoms with E-state index in [0.717, 1.165) is 22.2 Å². The van der Waals surface area contributed by atoms with E-state index >= 15 is 0 Å². The minimum atomic E-state index is 0.902.